The van der Waals surface area contributed by atoms with Crippen molar-refractivity contribution in [3.05, 3.63) is 24.1 Å². The predicted molar refractivity (Wildman–Crippen MR) is 57.8 cm³/mol. The Kier molecular flexibility index (Phi) is 1.81. The smallest absolute Gasteiger partial charge is 0.212 e. The standard InChI is InChI=1S/C9H9N5S/c1-2-13-4-7(3-10-13)8-5-14-9(12-8)15-6-11-14/h3-6H,2H2,1H3. The summed E-state index contributed by atoms with van der Waals surface area (Å²) in [5, 5.41) is 8.35. The highest BCUT2D eigenvalue weighted by molar-refractivity contribution is 7.14. The summed E-state index contributed by atoms with van der Waals surface area (Å²) in [5.41, 5.74) is 3.74. The summed E-state index contributed by atoms with van der Waals surface area (Å²) in [7, 11) is 0. The molecular weight excluding hydrogens is 210 g/mol. The van der Waals surface area contributed by atoms with E-state index in [-0.39, 0.29) is 0 Å². The van der Waals surface area contributed by atoms with E-state index in [0.29, 0.717) is 0 Å². The minimum absolute atomic E-state index is 0.875. The van der Waals surface area contributed by atoms with Crippen molar-refractivity contribution in [1.29, 1.82) is 0 Å². The zero-order chi connectivity index (χ0) is 10.3. The Hall–Kier alpha value is -1.69. The number of aryl methyl sites for hydroxylation is 1. The van der Waals surface area contributed by atoms with Gasteiger partial charge in [-0.05, 0) is 6.92 Å². The normalized spacial score (nSPS) is 11.3. The van der Waals surface area contributed by atoms with Crippen LogP contribution in [-0.4, -0.2) is 24.4 Å². The van der Waals surface area contributed by atoms with Crippen LogP contribution >= 0.6 is 11.3 Å². The van der Waals surface area contributed by atoms with Gasteiger partial charge in [-0.2, -0.15) is 10.2 Å². The number of hydrogen-bond donors (Lipinski definition) is 0. The summed E-state index contributed by atoms with van der Waals surface area (Å²) >= 11 is 1.53. The Morgan fingerprint density at radius 3 is 3.00 bits per heavy atom. The number of fused-ring (bicyclic) bond motifs is 1. The highest BCUT2D eigenvalue weighted by atomic mass is 32.1. The number of hydrogen-bond acceptors (Lipinski definition) is 4. The van der Waals surface area contributed by atoms with Crippen LogP contribution in [0.1, 0.15) is 6.92 Å². The molecule has 0 fully saturated rings. The maximum Gasteiger partial charge on any atom is 0.212 e. The summed E-state index contributed by atoms with van der Waals surface area (Å²) in [6.07, 6.45) is 5.74. The largest absolute Gasteiger partial charge is 0.272 e. The average Bonchev–Trinajstić information content (AvgIpc) is 2.91. The van der Waals surface area contributed by atoms with Gasteiger partial charge in [0.15, 0.2) is 0 Å². The lowest BCUT2D eigenvalue weighted by atomic mass is 10.3. The van der Waals surface area contributed by atoms with Crippen LogP contribution in [0.25, 0.3) is 16.2 Å². The van der Waals surface area contributed by atoms with Gasteiger partial charge in [-0.15, -0.1) is 0 Å². The van der Waals surface area contributed by atoms with E-state index in [9.17, 15) is 0 Å². The zero-order valence-electron chi connectivity index (χ0n) is 8.16. The molecule has 0 aliphatic heterocycles. The van der Waals surface area contributed by atoms with Gasteiger partial charge in [0.05, 0.1) is 18.1 Å². The third-order valence-electron chi connectivity index (χ3n) is 2.24. The molecule has 0 unspecified atom stereocenters. The lowest BCUT2D eigenvalue weighted by Gasteiger charge is -1.90. The number of rotatable bonds is 2. The van der Waals surface area contributed by atoms with E-state index in [2.05, 4.69) is 22.1 Å². The summed E-state index contributed by atoms with van der Waals surface area (Å²) in [6, 6.07) is 0. The summed E-state index contributed by atoms with van der Waals surface area (Å²) in [4.78, 5) is 5.37. The van der Waals surface area contributed by atoms with Crippen molar-refractivity contribution in [3.8, 4) is 11.3 Å². The summed E-state index contributed by atoms with van der Waals surface area (Å²) < 4.78 is 3.67. The van der Waals surface area contributed by atoms with E-state index in [4.69, 9.17) is 0 Å². The van der Waals surface area contributed by atoms with E-state index in [0.717, 1.165) is 22.8 Å². The SMILES string of the molecule is CCn1cc(-c2cn3ncsc3n2)cn1. The van der Waals surface area contributed by atoms with Gasteiger partial charge in [0.2, 0.25) is 4.96 Å². The Morgan fingerprint density at radius 2 is 2.27 bits per heavy atom. The zero-order valence-corrected chi connectivity index (χ0v) is 8.98. The fourth-order valence-corrected chi connectivity index (χ4v) is 2.05. The van der Waals surface area contributed by atoms with Crippen molar-refractivity contribution in [2.45, 2.75) is 13.5 Å². The minimum atomic E-state index is 0.875. The quantitative estimate of drug-likeness (QED) is 0.658. The molecule has 0 aliphatic carbocycles. The lowest BCUT2D eigenvalue weighted by molar-refractivity contribution is 0.660. The van der Waals surface area contributed by atoms with Gasteiger partial charge in [-0.3, -0.25) is 4.68 Å². The molecule has 0 saturated carbocycles. The van der Waals surface area contributed by atoms with Crippen LogP contribution in [0.3, 0.4) is 0 Å². The van der Waals surface area contributed by atoms with Crippen molar-refractivity contribution in [2.24, 2.45) is 0 Å². The van der Waals surface area contributed by atoms with Crippen molar-refractivity contribution in [1.82, 2.24) is 24.4 Å². The first-order chi connectivity index (χ1) is 7.36. The van der Waals surface area contributed by atoms with Gasteiger partial charge in [-0.1, -0.05) is 11.3 Å². The van der Waals surface area contributed by atoms with Crippen LogP contribution in [0.4, 0.5) is 0 Å². The molecule has 3 heterocycles. The van der Waals surface area contributed by atoms with E-state index in [1.54, 1.807) is 10.0 Å². The second-order valence-electron chi connectivity index (χ2n) is 3.18. The Labute approximate surface area is 90.0 Å². The fourth-order valence-electron chi connectivity index (χ4n) is 1.45. The molecule has 0 aliphatic rings. The van der Waals surface area contributed by atoms with Gasteiger partial charge in [0, 0.05) is 18.3 Å². The van der Waals surface area contributed by atoms with Crippen LogP contribution < -0.4 is 0 Å². The van der Waals surface area contributed by atoms with Crippen molar-refractivity contribution in [2.75, 3.05) is 0 Å². The lowest BCUT2D eigenvalue weighted by Crippen LogP contribution is -1.91. The molecule has 0 atom stereocenters. The van der Waals surface area contributed by atoms with Gasteiger partial charge < -0.3 is 0 Å². The molecule has 0 saturated heterocycles. The van der Waals surface area contributed by atoms with Crippen LogP contribution in [0.15, 0.2) is 24.1 Å². The van der Waals surface area contributed by atoms with Crippen molar-refractivity contribution < 1.29 is 0 Å². The number of aromatic nitrogens is 5. The molecule has 3 aromatic rings. The van der Waals surface area contributed by atoms with Gasteiger partial charge in [0.25, 0.3) is 0 Å². The van der Waals surface area contributed by atoms with Crippen LogP contribution in [0, 0.1) is 0 Å². The monoisotopic (exact) mass is 219 g/mol. The van der Waals surface area contributed by atoms with E-state index in [1.807, 2.05) is 23.3 Å². The second-order valence-corrected chi connectivity index (χ2v) is 3.99. The van der Waals surface area contributed by atoms with Crippen molar-refractivity contribution >= 4 is 16.3 Å². The predicted octanol–water partition coefficient (Wildman–Crippen LogP) is 1.67. The summed E-state index contributed by atoms with van der Waals surface area (Å²) in [6.45, 7) is 2.94. The number of imidazole rings is 1. The average molecular weight is 219 g/mol. The first-order valence-corrected chi connectivity index (χ1v) is 5.56. The Bertz CT molecular complexity index is 562. The van der Waals surface area contributed by atoms with E-state index >= 15 is 0 Å². The fraction of sp³-hybridized carbons (Fsp3) is 0.222. The Balaban J connectivity index is 2.09. The van der Waals surface area contributed by atoms with Crippen LogP contribution in [0.5, 0.6) is 0 Å². The minimum Gasteiger partial charge on any atom is -0.272 e. The summed E-state index contributed by atoms with van der Waals surface area (Å²) in [5.74, 6) is 0. The maximum absolute atomic E-state index is 4.46. The van der Waals surface area contributed by atoms with E-state index < -0.39 is 0 Å². The molecule has 76 valence electrons. The number of nitrogens with zero attached hydrogens (tertiary/aromatic N) is 5. The van der Waals surface area contributed by atoms with Gasteiger partial charge in [-0.25, -0.2) is 9.50 Å². The molecule has 0 amide bonds. The topological polar surface area (TPSA) is 48.0 Å². The van der Waals surface area contributed by atoms with Crippen molar-refractivity contribution in [3.63, 3.8) is 0 Å². The molecule has 0 radical (unpaired) electrons. The highest BCUT2D eigenvalue weighted by Crippen LogP contribution is 2.19. The van der Waals surface area contributed by atoms with E-state index in [1.165, 1.54) is 11.3 Å². The molecule has 6 heteroatoms. The molecule has 0 N–H and O–H groups in total. The molecular formula is C9H9N5S. The highest BCUT2D eigenvalue weighted by Gasteiger charge is 2.07. The van der Waals surface area contributed by atoms with Gasteiger partial charge in [0.1, 0.15) is 5.51 Å². The molecule has 3 aromatic heterocycles. The molecule has 0 spiro atoms. The van der Waals surface area contributed by atoms with Crippen LogP contribution in [-0.2, 0) is 6.54 Å². The maximum atomic E-state index is 4.46. The van der Waals surface area contributed by atoms with Crippen LogP contribution in [0.2, 0.25) is 0 Å². The molecule has 15 heavy (non-hydrogen) atoms. The third-order valence-corrected chi connectivity index (χ3v) is 2.93. The Morgan fingerprint density at radius 1 is 1.33 bits per heavy atom. The van der Waals surface area contributed by atoms with Gasteiger partial charge >= 0.3 is 0 Å². The molecule has 0 bridgehead atoms. The second kappa shape index (κ2) is 3.16. The molecule has 0 aromatic carbocycles. The first kappa shape index (κ1) is 8.60. The molecule has 3 rings (SSSR count). The third kappa shape index (κ3) is 1.33. The first-order valence-electron chi connectivity index (χ1n) is 4.68. The molecule has 5 nitrogen and oxygen atoms in total.